The molecule has 2 nitrogen and oxygen atoms in total. The summed E-state index contributed by atoms with van der Waals surface area (Å²) in [5, 5.41) is 12.9. The van der Waals surface area contributed by atoms with Crippen molar-refractivity contribution in [3.05, 3.63) is 5.21 Å². The van der Waals surface area contributed by atoms with Crippen molar-refractivity contribution < 1.29 is 4.65 Å². The van der Waals surface area contributed by atoms with Crippen LogP contribution in [0.2, 0.25) is 0 Å². The largest absolute Gasteiger partial charge is 0.633 e. The van der Waals surface area contributed by atoms with Crippen LogP contribution < -0.4 is 0 Å². The van der Waals surface area contributed by atoms with Crippen LogP contribution in [-0.4, -0.2) is 24.3 Å². The van der Waals surface area contributed by atoms with Crippen LogP contribution in [0.5, 0.6) is 0 Å². The minimum atomic E-state index is 0.0836. The Morgan fingerprint density at radius 2 is 0.607 bits per heavy atom. The average Bonchev–Trinajstić information content (AvgIpc) is 2.70. The van der Waals surface area contributed by atoms with Crippen LogP contribution in [0.25, 0.3) is 0 Å². The third-order valence-corrected chi connectivity index (χ3v) is 6.26. The van der Waals surface area contributed by atoms with E-state index >= 15 is 0 Å². The molecule has 28 heavy (non-hydrogen) atoms. The SMILES string of the molecule is CCCCCCCCCCCCCCCCCC[N+]([O-])(CCCC)CCCC. The first kappa shape index (κ1) is 27.9. The standard InChI is InChI=1S/C26H55NO/c1-4-7-10-11-12-13-14-15-16-17-18-19-20-21-22-23-26-27(28,24-8-5-2)25-9-6-3/h4-26H2,1-3H3. The van der Waals surface area contributed by atoms with Gasteiger partial charge >= 0.3 is 0 Å². The molecular weight excluding hydrogens is 342 g/mol. The van der Waals surface area contributed by atoms with Gasteiger partial charge in [-0.1, -0.05) is 124 Å². The highest BCUT2D eigenvalue weighted by Crippen LogP contribution is 2.16. The molecule has 0 aromatic carbocycles. The summed E-state index contributed by atoms with van der Waals surface area (Å²) in [6.45, 7) is 9.22. The molecule has 0 saturated carbocycles. The Morgan fingerprint density at radius 3 is 0.929 bits per heavy atom. The van der Waals surface area contributed by atoms with E-state index < -0.39 is 0 Å². The Balaban J connectivity index is 3.39. The van der Waals surface area contributed by atoms with Gasteiger partial charge in [-0.25, -0.2) is 0 Å². The van der Waals surface area contributed by atoms with Gasteiger partial charge in [-0.2, -0.15) is 0 Å². The van der Waals surface area contributed by atoms with Gasteiger partial charge in [0.25, 0.3) is 0 Å². The summed E-state index contributed by atoms with van der Waals surface area (Å²) >= 11 is 0. The predicted octanol–water partition coefficient (Wildman–Crippen LogP) is 9.16. The maximum atomic E-state index is 12.9. The predicted molar refractivity (Wildman–Crippen MR) is 128 cm³/mol. The van der Waals surface area contributed by atoms with E-state index in [1.165, 1.54) is 96.3 Å². The van der Waals surface area contributed by atoms with Crippen LogP contribution in [0.4, 0.5) is 0 Å². The second-order valence-electron chi connectivity index (χ2n) is 9.24. The van der Waals surface area contributed by atoms with Crippen molar-refractivity contribution in [2.45, 2.75) is 149 Å². The number of nitrogens with zero attached hydrogens (tertiary/aromatic N) is 1. The third-order valence-electron chi connectivity index (χ3n) is 6.26. The molecule has 0 aromatic heterocycles. The Morgan fingerprint density at radius 1 is 0.357 bits per heavy atom. The van der Waals surface area contributed by atoms with Gasteiger partial charge < -0.3 is 9.85 Å². The zero-order valence-corrected chi connectivity index (χ0v) is 20.1. The maximum absolute atomic E-state index is 12.9. The highest BCUT2D eigenvalue weighted by atomic mass is 16.5. The van der Waals surface area contributed by atoms with Crippen molar-refractivity contribution in [1.29, 1.82) is 0 Å². The van der Waals surface area contributed by atoms with E-state index in [0.717, 1.165) is 51.7 Å². The second-order valence-corrected chi connectivity index (χ2v) is 9.24. The first-order chi connectivity index (χ1) is 13.7. The van der Waals surface area contributed by atoms with Crippen LogP contribution in [0.3, 0.4) is 0 Å². The topological polar surface area (TPSA) is 23.1 Å². The number of hydrogen-bond acceptors (Lipinski definition) is 1. The first-order valence-corrected chi connectivity index (χ1v) is 13.3. The molecule has 0 spiro atoms. The fourth-order valence-corrected chi connectivity index (χ4v) is 4.18. The molecule has 0 N–H and O–H groups in total. The highest BCUT2D eigenvalue weighted by molar-refractivity contribution is 4.52. The quantitative estimate of drug-likeness (QED) is 0.0957. The molecule has 0 amide bonds. The van der Waals surface area contributed by atoms with E-state index in [4.69, 9.17) is 0 Å². The molecule has 0 heterocycles. The van der Waals surface area contributed by atoms with E-state index in [0.29, 0.717) is 0 Å². The lowest BCUT2D eigenvalue weighted by Gasteiger charge is -2.43. The van der Waals surface area contributed by atoms with Crippen LogP contribution in [0, 0.1) is 5.21 Å². The van der Waals surface area contributed by atoms with E-state index in [-0.39, 0.29) is 4.65 Å². The van der Waals surface area contributed by atoms with Gasteiger partial charge in [-0.15, -0.1) is 0 Å². The molecule has 0 aliphatic rings. The zero-order valence-electron chi connectivity index (χ0n) is 20.1. The number of unbranched alkanes of at least 4 members (excludes halogenated alkanes) is 17. The normalized spacial score (nSPS) is 12.0. The van der Waals surface area contributed by atoms with Crippen molar-refractivity contribution in [3.63, 3.8) is 0 Å². The van der Waals surface area contributed by atoms with Gasteiger partial charge in [0, 0.05) is 0 Å². The number of hydroxylamine groups is 3. The van der Waals surface area contributed by atoms with E-state index in [9.17, 15) is 5.21 Å². The fraction of sp³-hybridized carbons (Fsp3) is 1.00. The zero-order chi connectivity index (χ0) is 20.8. The summed E-state index contributed by atoms with van der Waals surface area (Å²) in [5.74, 6) is 0. The molecule has 2 heteroatoms. The summed E-state index contributed by atoms with van der Waals surface area (Å²) in [6, 6.07) is 0. The maximum Gasteiger partial charge on any atom is 0.0783 e. The van der Waals surface area contributed by atoms with E-state index in [1.54, 1.807) is 0 Å². The molecule has 0 bridgehead atoms. The molecule has 0 aromatic rings. The van der Waals surface area contributed by atoms with Gasteiger partial charge in [-0.05, 0) is 25.7 Å². The van der Waals surface area contributed by atoms with Crippen molar-refractivity contribution in [3.8, 4) is 0 Å². The lowest BCUT2D eigenvalue weighted by Crippen LogP contribution is -2.44. The molecule has 0 unspecified atom stereocenters. The molecule has 0 saturated heterocycles. The van der Waals surface area contributed by atoms with Gasteiger partial charge in [0.2, 0.25) is 0 Å². The molecule has 0 radical (unpaired) electrons. The number of rotatable bonds is 23. The van der Waals surface area contributed by atoms with E-state index in [1.807, 2.05) is 0 Å². The molecule has 0 atom stereocenters. The van der Waals surface area contributed by atoms with Crippen LogP contribution in [0.1, 0.15) is 149 Å². The Kier molecular flexibility index (Phi) is 21.6. The van der Waals surface area contributed by atoms with Gasteiger partial charge in [0.15, 0.2) is 0 Å². The Labute approximate surface area is 179 Å². The van der Waals surface area contributed by atoms with Gasteiger partial charge in [0.05, 0.1) is 19.6 Å². The summed E-state index contributed by atoms with van der Waals surface area (Å²) in [7, 11) is 0. The lowest BCUT2D eigenvalue weighted by atomic mass is 10.0. The van der Waals surface area contributed by atoms with Crippen molar-refractivity contribution in [2.24, 2.45) is 0 Å². The lowest BCUT2D eigenvalue weighted by molar-refractivity contribution is -0.881. The van der Waals surface area contributed by atoms with Gasteiger partial charge in [0.1, 0.15) is 0 Å². The van der Waals surface area contributed by atoms with E-state index in [2.05, 4.69) is 20.8 Å². The minimum Gasteiger partial charge on any atom is -0.633 e. The Bertz CT molecular complexity index is 284. The monoisotopic (exact) mass is 397 g/mol. The Hall–Kier alpha value is -0.0800. The van der Waals surface area contributed by atoms with Crippen molar-refractivity contribution in [2.75, 3.05) is 19.6 Å². The van der Waals surface area contributed by atoms with Crippen LogP contribution >= 0.6 is 0 Å². The molecular formula is C26H55NO. The number of hydrogen-bond donors (Lipinski definition) is 0. The highest BCUT2D eigenvalue weighted by Gasteiger charge is 2.14. The minimum absolute atomic E-state index is 0.0836. The first-order valence-electron chi connectivity index (χ1n) is 13.3. The van der Waals surface area contributed by atoms with Gasteiger partial charge in [-0.3, -0.25) is 0 Å². The third kappa shape index (κ3) is 19.2. The van der Waals surface area contributed by atoms with Crippen molar-refractivity contribution >= 4 is 0 Å². The molecule has 0 aliphatic carbocycles. The number of quaternary nitrogens is 1. The van der Waals surface area contributed by atoms with Crippen LogP contribution in [0.15, 0.2) is 0 Å². The fourth-order valence-electron chi connectivity index (χ4n) is 4.18. The summed E-state index contributed by atoms with van der Waals surface area (Å²) in [6.07, 6.45) is 26.8. The molecule has 0 aliphatic heterocycles. The summed E-state index contributed by atoms with van der Waals surface area (Å²) in [5.41, 5.74) is 0. The smallest absolute Gasteiger partial charge is 0.0783 e. The summed E-state index contributed by atoms with van der Waals surface area (Å²) < 4.78 is 0.0836. The second kappa shape index (κ2) is 21.6. The van der Waals surface area contributed by atoms with Crippen molar-refractivity contribution in [1.82, 2.24) is 0 Å². The summed E-state index contributed by atoms with van der Waals surface area (Å²) in [4.78, 5) is 0. The molecule has 170 valence electrons. The average molecular weight is 398 g/mol. The van der Waals surface area contributed by atoms with Crippen LogP contribution in [-0.2, 0) is 0 Å². The molecule has 0 fully saturated rings. The molecule has 0 rings (SSSR count).